The Labute approximate surface area is 190 Å². The summed E-state index contributed by atoms with van der Waals surface area (Å²) in [5, 5.41) is 11.5. The van der Waals surface area contributed by atoms with Gasteiger partial charge in [-0.25, -0.2) is 9.98 Å². The molecule has 1 aromatic heterocycles. The molecule has 0 spiro atoms. The number of guanidine groups is 1. The van der Waals surface area contributed by atoms with Crippen LogP contribution in [-0.4, -0.2) is 29.6 Å². The Bertz CT molecular complexity index is 715. The smallest absolute Gasteiger partial charge is 0.191 e. The minimum atomic E-state index is -0.0813. The maximum atomic E-state index is 4.69. The van der Waals surface area contributed by atoms with Crippen molar-refractivity contribution in [1.29, 1.82) is 0 Å². The minimum Gasteiger partial charge on any atom is -0.357 e. The van der Waals surface area contributed by atoms with E-state index < -0.39 is 0 Å². The van der Waals surface area contributed by atoms with Crippen molar-refractivity contribution in [2.75, 3.05) is 13.1 Å². The number of rotatable bonds is 9. The van der Waals surface area contributed by atoms with E-state index >= 15 is 0 Å². The van der Waals surface area contributed by atoms with Crippen molar-refractivity contribution in [1.82, 2.24) is 20.9 Å². The number of hydrogen-bond acceptors (Lipinski definition) is 4. The van der Waals surface area contributed by atoms with Gasteiger partial charge in [-0.2, -0.15) is 0 Å². The zero-order chi connectivity index (χ0) is 19.7. The van der Waals surface area contributed by atoms with E-state index in [-0.39, 0.29) is 35.6 Å². The van der Waals surface area contributed by atoms with Gasteiger partial charge in [0.2, 0.25) is 0 Å². The fraction of sp³-hybridized carbons (Fsp3) is 0.524. The van der Waals surface area contributed by atoms with Gasteiger partial charge >= 0.3 is 0 Å². The Morgan fingerprint density at radius 3 is 2.50 bits per heavy atom. The van der Waals surface area contributed by atoms with Crippen molar-refractivity contribution in [2.24, 2.45) is 4.99 Å². The van der Waals surface area contributed by atoms with Gasteiger partial charge in [-0.3, -0.25) is 0 Å². The summed E-state index contributed by atoms with van der Waals surface area (Å²) in [4.78, 5) is 10.4. The van der Waals surface area contributed by atoms with Gasteiger partial charge in [-0.05, 0) is 39.7 Å². The van der Waals surface area contributed by atoms with Gasteiger partial charge in [0.1, 0.15) is 5.01 Å². The lowest BCUT2D eigenvalue weighted by Crippen LogP contribution is -2.52. The average molecular weight is 516 g/mol. The predicted molar refractivity (Wildman–Crippen MR) is 132 cm³/mol. The molecule has 0 aliphatic heterocycles. The maximum Gasteiger partial charge on any atom is 0.191 e. The fourth-order valence-corrected chi connectivity index (χ4v) is 3.63. The van der Waals surface area contributed by atoms with Gasteiger partial charge in [0.05, 0.1) is 6.54 Å². The number of nitrogens with zero attached hydrogens (tertiary/aromatic N) is 2. The van der Waals surface area contributed by atoms with Crippen LogP contribution < -0.4 is 16.0 Å². The van der Waals surface area contributed by atoms with Gasteiger partial charge in [0, 0.05) is 35.7 Å². The van der Waals surface area contributed by atoms with Crippen molar-refractivity contribution in [3.05, 3.63) is 52.0 Å². The number of nitrogens with one attached hydrogen (secondary N) is 3. The van der Waals surface area contributed by atoms with E-state index in [4.69, 9.17) is 0 Å². The Morgan fingerprint density at radius 2 is 1.89 bits per heavy atom. The van der Waals surface area contributed by atoms with Crippen LogP contribution in [0.1, 0.15) is 56.1 Å². The van der Waals surface area contributed by atoms with Crippen LogP contribution in [-0.2, 0) is 13.0 Å². The number of thiazole rings is 1. The topological polar surface area (TPSA) is 61.3 Å². The highest BCUT2D eigenvalue weighted by Crippen LogP contribution is 2.16. The molecule has 0 saturated heterocycles. The highest BCUT2D eigenvalue weighted by atomic mass is 127. The molecule has 0 fully saturated rings. The molecule has 28 heavy (non-hydrogen) atoms. The van der Waals surface area contributed by atoms with E-state index in [0.29, 0.717) is 6.54 Å². The molecule has 2 aromatic rings. The number of aryl methyl sites for hydroxylation is 1. The molecule has 156 valence electrons. The van der Waals surface area contributed by atoms with Crippen LogP contribution in [0, 0.1) is 0 Å². The van der Waals surface area contributed by atoms with Gasteiger partial charge in [-0.1, -0.05) is 37.3 Å². The molecule has 1 heterocycles. The van der Waals surface area contributed by atoms with Gasteiger partial charge in [0.15, 0.2) is 5.96 Å². The van der Waals surface area contributed by atoms with E-state index in [0.717, 1.165) is 30.5 Å². The summed E-state index contributed by atoms with van der Waals surface area (Å²) in [6, 6.07) is 10.8. The summed E-state index contributed by atoms with van der Waals surface area (Å²) in [7, 11) is 0. The summed E-state index contributed by atoms with van der Waals surface area (Å²) in [6.45, 7) is 13.0. The first-order valence-corrected chi connectivity index (χ1v) is 10.5. The third-order valence-electron chi connectivity index (χ3n) is 4.27. The van der Waals surface area contributed by atoms with Crippen LogP contribution in [0.4, 0.5) is 0 Å². The summed E-state index contributed by atoms with van der Waals surface area (Å²) in [6.07, 6.45) is 2.98. The third-order valence-corrected chi connectivity index (χ3v) is 5.40. The normalized spacial score (nSPS) is 13.0. The number of hydrogen-bond donors (Lipinski definition) is 3. The fourth-order valence-electron chi connectivity index (χ4n) is 2.84. The Balaban J connectivity index is 0.00000392. The number of halogens is 1. The first-order chi connectivity index (χ1) is 12.9. The zero-order valence-corrected chi connectivity index (χ0v) is 20.7. The van der Waals surface area contributed by atoms with Crippen molar-refractivity contribution in [2.45, 2.75) is 59.2 Å². The summed E-state index contributed by atoms with van der Waals surface area (Å²) in [5.41, 5.74) is 1.21. The molecule has 2 rings (SSSR count). The van der Waals surface area contributed by atoms with E-state index in [9.17, 15) is 0 Å². The van der Waals surface area contributed by atoms with E-state index in [1.807, 2.05) is 12.3 Å². The van der Waals surface area contributed by atoms with Crippen LogP contribution in [0.3, 0.4) is 0 Å². The number of benzene rings is 1. The molecule has 0 amide bonds. The lowest BCUT2D eigenvalue weighted by Gasteiger charge is -2.31. The number of aromatic nitrogens is 1. The second-order valence-electron chi connectivity index (χ2n) is 7.28. The van der Waals surface area contributed by atoms with Crippen molar-refractivity contribution in [3.63, 3.8) is 0 Å². The van der Waals surface area contributed by atoms with E-state index in [2.05, 4.69) is 84.8 Å². The Morgan fingerprint density at radius 1 is 1.18 bits per heavy atom. The number of aliphatic imine (C=N–C) groups is 1. The molecule has 0 radical (unpaired) electrons. The van der Waals surface area contributed by atoms with Crippen LogP contribution in [0.2, 0.25) is 0 Å². The molecule has 0 aliphatic rings. The standard InChI is InChI=1S/C21H33N5S.HI/c1-6-18-13-23-19(27-18)14-24-20(22-7-2)25-15-21(4,5)26-16(3)17-11-9-8-10-12-17;/h8-13,16,26H,6-7,14-15H2,1-5H3,(H2,22,24,25);1H. The first-order valence-electron chi connectivity index (χ1n) is 9.72. The molecule has 1 unspecified atom stereocenters. The molecule has 5 nitrogen and oxygen atoms in total. The molecule has 1 aromatic carbocycles. The molecule has 3 N–H and O–H groups in total. The summed E-state index contributed by atoms with van der Waals surface area (Å²) < 4.78 is 0. The molecule has 1 atom stereocenters. The molecule has 7 heteroatoms. The van der Waals surface area contributed by atoms with Crippen molar-refractivity contribution < 1.29 is 0 Å². The lowest BCUT2D eigenvalue weighted by molar-refractivity contribution is 0.345. The highest BCUT2D eigenvalue weighted by Gasteiger charge is 2.21. The van der Waals surface area contributed by atoms with Gasteiger partial charge in [0.25, 0.3) is 0 Å². The maximum absolute atomic E-state index is 4.69. The monoisotopic (exact) mass is 515 g/mol. The summed E-state index contributed by atoms with van der Waals surface area (Å²) in [5.74, 6) is 0.827. The second kappa shape index (κ2) is 12.4. The molecular formula is C21H34IN5S. The van der Waals surface area contributed by atoms with Crippen molar-refractivity contribution in [3.8, 4) is 0 Å². The van der Waals surface area contributed by atoms with Crippen LogP contribution in [0.25, 0.3) is 0 Å². The first kappa shape index (κ1) is 24.8. The molecule has 0 bridgehead atoms. The van der Waals surface area contributed by atoms with Crippen LogP contribution in [0.5, 0.6) is 0 Å². The second-order valence-corrected chi connectivity index (χ2v) is 8.48. The van der Waals surface area contributed by atoms with Crippen LogP contribution in [0.15, 0.2) is 41.5 Å². The van der Waals surface area contributed by atoms with Gasteiger partial charge < -0.3 is 16.0 Å². The zero-order valence-electron chi connectivity index (χ0n) is 17.6. The molecule has 0 aliphatic carbocycles. The Hall–Kier alpha value is -1.19. The highest BCUT2D eigenvalue weighted by molar-refractivity contribution is 14.0. The van der Waals surface area contributed by atoms with E-state index in [1.54, 1.807) is 11.3 Å². The SMILES string of the molecule is CCNC(=NCc1ncc(CC)s1)NCC(C)(C)NC(C)c1ccccc1.I. The molecular weight excluding hydrogens is 481 g/mol. The average Bonchev–Trinajstić information content (AvgIpc) is 3.12. The van der Waals surface area contributed by atoms with Crippen LogP contribution >= 0.6 is 35.3 Å². The quantitative estimate of drug-likeness (QED) is 0.261. The predicted octanol–water partition coefficient (Wildman–Crippen LogP) is 4.51. The summed E-state index contributed by atoms with van der Waals surface area (Å²) >= 11 is 1.74. The Kier molecular flexibility index (Phi) is 11.0. The molecule has 0 saturated carbocycles. The minimum absolute atomic E-state index is 0. The lowest BCUT2D eigenvalue weighted by atomic mass is 10.0. The third kappa shape index (κ3) is 8.45. The van der Waals surface area contributed by atoms with Crippen molar-refractivity contribution >= 4 is 41.3 Å². The van der Waals surface area contributed by atoms with E-state index in [1.165, 1.54) is 10.4 Å². The van der Waals surface area contributed by atoms with Gasteiger partial charge in [-0.15, -0.1) is 35.3 Å². The largest absolute Gasteiger partial charge is 0.357 e.